The lowest BCUT2D eigenvalue weighted by Gasteiger charge is -2.42. The number of rotatable bonds is 2. The van der Waals surface area contributed by atoms with Crippen LogP contribution in [0.3, 0.4) is 0 Å². The third kappa shape index (κ3) is 1.66. The fourth-order valence-electron chi connectivity index (χ4n) is 3.27. The van der Waals surface area contributed by atoms with E-state index in [9.17, 15) is 4.79 Å². The first-order chi connectivity index (χ1) is 10.8. The molecule has 22 heavy (non-hydrogen) atoms. The monoisotopic (exact) mass is 296 g/mol. The molecule has 112 valence electrons. The van der Waals surface area contributed by atoms with E-state index in [1.54, 1.807) is 12.0 Å². The average Bonchev–Trinajstić information content (AvgIpc) is 3.02. The summed E-state index contributed by atoms with van der Waals surface area (Å²) in [6.45, 7) is 1.05. The number of carbonyl (C=O) groups excluding carboxylic acids is 1. The number of benzene rings is 2. The lowest BCUT2D eigenvalue weighted by molar-refractivity contribution is -0.0327. The van der Waals surface area contributed by atoms with Crippen LogP contribution in [0, 0.1) is 0 Å². The summed E-state index contributed by atoms with van der Waals surface area (Å²) in [4.78, 5) is 14.2. The maximum atomic E-state index is 12.5. The van der Waals surface area contributed by atoms with E-state index in [0.29, 0.717) is 13.2 Å². The fourth-order valence-corrected chi connectivity index (χ4v) is 3.27. The van der Waals surface area contributed by atoms with Crippen LogP contribution in [0.15, 0.2) is 48.5 Å². The second-order valence-corrected chi connectivity index (χ2v) is 5.35. The van der Waals surface area contributed by atoms with Gasteiger partial charge >= 0.3 is 6.03 Å². The van der Waals surface area contributed by atoms with E-state index in [0.717, 1.165) is 22.6 Å². The number of amides is 2. The van der Waals surface area contributed by atoms with Gasteiger partial charge in [-0.25, -0.2) is 4.79 Å². The van der Waals surface area contributed by atoms with Gasteiger partial charge in [0.2, 0.25) is 0 Å². The highest BCUT2D eigenvalue weighted by Gasteiger charge is 2.52. The normalized spacial score (nSPS) is 22.8. The summed E-state index contributed by atoms with van der Waals surface area (Å²) in [5, 5.41) is 2.93. The van der Waals surface area contributed by atoms with Crippen LogP contribution in [0.1, 0.15) is 11.1 Å². The number of urea groups is 1. The molecule has 1 N–H and O–H groups in total. The summed E-state index contributed by atoms with van der Waals surface area (Å²) >= 11 is 0. The molecule has 1 saturated heterocycles. The third-order valence-electron chi connectivity index (χ3n) is 4.25. The third-order valence-corrected chi connectivity index (χ3v) is 4.25. The first-order valence-corrected chi connectivity index (χ1v) is 7.22. The molecule has 0 aliphatic carbocycles. The molecule has 5 heteroatoms. The number of fused-ring (bicyclic) bond motifs is 3. The number of carbonyl (C=O) groups is 1. The van der Waals surface area contributed by atoms with Crippen LogP contribution in [0.2, 0.25) is 0 Å². The fraction of sp³-hybridized carbons (Fsp3) is 0.235. The highest BCUT2D eigenvalue weighted by Crippen LogP contribution is 2.47. The summed E-state index contributed by atoms with van der Waals surface area (Å²) in [6, 6.07) is 15.3. The smallest absolute Gasteiger partial charge is 0.324 e. The highest BCUT2D eigenvalue weighted by molar-refractivity contribution is 5.94. The second-order valence-electron chi connectivity index (χ2n) is 5.35. The second kappa shape index (κ2) is 4.74. The zero-order valence-corrected chi connectivity index (χ0v) is 12.2. The quantitative estimate of drug-likeness (QED) is 0.927. The van der Waals surface area contributed by atoms with Gasteiger partial charge in [-0.3, -0.25) is 4.90 Å². The predicted molar refractivity (Wildman–Crippen MR) is 81.9 cm³/mol. The molecule has 1 fully saturated rings. The molecule has 2 aliphatic rings. The van der Waals surface area contributed by atoms with Crippen molar-refractivity contribution >= 4 is 11.7 Å². The molecular weight excluding hydrogens is 280 g/mol. The summed E-state index contributed by atoms with van der Waals surface area (Å²) in [5.41, 5.74) is 1.72. The van der Waals surface area contributed by atoms with E-state index < -0.39 is 5.72 Å². The number of hydrogen-bond donors (Lipinski definition) is 1. The van der Waals surface area contributed by atoms with Gasteiger partial charge in [-0.1, -0.05) is 30.3 Å². The van der Waals surface area contributed by atoms with E-state index in [2.05, 4.69) is 5.32 Å². The van der Waals surface area contributed by atoms with Gasteiger partial charge in [-0.15, -0.1) is 0 Å². The molecule has 0 saturated carbocycles. The van der Waals surface area contributed by atoms with E-state index >= 15 is 0 Å². The van der Waals surface area contributed by atoms with Gasteiger partial charge in [-0.2, -0.15) is 0 Å². The van der Waals surface area contributed by atoms with Gasteiger partial charge in [0.25, 0.3) is 0 Å². The topological polar surface area (TPSA) is 50.8 Å². The van der Waals surface area contributed by atoms with Crippen LogP contribution in [0.25, 0.3) is 0 Å². The average molecular weight is 296 g/mol. The van der Waals surface area contributed by atoms with Crippen molar-refractivity contribution in [2.45, 2.75) is 5.72 Å². The zero-order valence-electron chi connectivity index (χ0n) is 12.2. The van der Waals surface area contributed by atoms with Crippen molar-refractivity contribution in [3.8, 4) is 5.75 Å². The Hall–Kier alpha value is -2.53. The van der Waals surface area contributed by atoms with Crippen molar-refractivity contribution in [2.24, 2.45) is 0 Å². The molecule has 2 aromatic carbocycles. The predicted octanol–water partition coefficient (Wildman–Crippen LogP) is 2.77. The molecule has 1 unspecified atom stereocenters. The van der Waals surface area contributed by atoms with E-state index in [4.69, 9.17) is 9.47 Å². The molecular formula is C17H16N2O3. The molecule has 4 rings (SSSR count). The maximum absolute atomic E-state index is 12.5. The largest absolute Gasteiger partial charge is 0.497 e. The van der Waals surface area contributed by atoms with E-state index in [1.165, 1.54) is 0 Å². The molecule has 5 nitrogen and oxygen atoms in total. The van der Waals surface area contributed by atoms with Crippen molar-refractivity contribution in [1.82, 2.24) is 4.90 Å². The van der Waals surface area contributed by atoms with Crippen molar-refractivity contribution < 1.29 is 14.3 Å². The van der Waals surface area contributed by atoms with E-state index in [-0.39, 0.29) is 6.03 Å². The SMILES string of the molecule is COc1ccc2c(c1)C1(c3ccccc3)OCCN1C(=O)N2. The molecule has 1 atom stereocenters. The summed E-state index contributed by atoms with van der Waals surface area (Å²) in [6.07, 6.45) is 0. The zero-order chi connectivity index (χ0) is 15.2. The highest BCUT2D eigenvalue weighted by atomic mass is 16.5. The van der Waals surface area contributed by atoms with Gasteiger partial charge in [0.1, 0.15) is 5.75 Å². The molecule has 2 amide bonds. The number of hydrogen-bond acceptors (Lipinski definition) is 3. The molecule has 2 aliphatic heterocycles. The van der Waals surface area contributed by atoms with Gasteiger partial charge in [0.15, 0.2) is 5.72 Å². The number of methoxy groups -OCH3 is 1. The first kappa shape index (κ1) is 13.2. The molecule has 2 heterocycles. The van der Waals surface area contributed by atoms with E-state index in [1.807, 2.05) is 48.5 Å². The van der Waals surface area contributed by atoms with Crippen LogP contribution >= 0.6 is 0 Å². The van der Waals surface area contributed by atoms with Crippen molar-refractivity contribution in [3.63, 3.8) is 0 Å². The van der Waals surface area contributed by atoms with Crippen LogP contribution in [-0.4, -0.2) is 31.2 Å². The minimum Gasteiger partial charge on any atom is -0.497 e. The Morgan fingerprint density at radius 2 is 2.05 bits per heavy atom. The number of ether oxygens (including phenoxy) is 2. The Bertz CT molecular complexity index is 732. The summed E-state index contributed by atoms with van der Waals surface area (Å²) < 4.78 is 11.5. The summed E-state index contributed by atoms with van der Waals surface area (Å²) in [7, 11) is 1.63. The Labute approximate surface area is 128 Å². The van der Waals surface area contributed by atoms with Crippen LogP contribution < -0.4 is 10.1 Å². The van der Waals surface area contributed by atoms with Crippen LogP contribution in [-0.2, 0) is 10.5 Å². The lowest BCUT2D eigenvalue weighted by Crippen LogP contribution is -2.52. The Morgan fingerprint density at radius 3 is 2.82 bits per heavy atom. The van der Waals surface area contributed by atoms with Crippen LogP contribution in [0.5, 0.6) is 5.75 Å². The molecule has 2 aromatic rings. The van der Waals surface area contributed by atoms with Crippen molar-refractivity contribution in [2.75, 3.05) is 25.6 Å². The van der Waals surface area contributed by atoms with Gasteiger partial charge in [-0.05, 0) is 18.2 Å². The van der Waals surface area contributed by atoms with Crippen molar-refractivity contribution in [3.05, 3.63) is 59.7 Å². The minimum atomic E-state index is -0.881. The maximum Gasteiger partial charge on any atom is 0.324 e. The minimum absolute atomic E-state index is 0.140. The van der Waals surface area contributed by atoms with Gasteiger partial charge in [0.05, 0.1) is 19.4 Å². The molecule has 0 bridgehead atoms. The standard InChI is InChI=1S/C17H16N2O3/c1-21-13-7-8-15-14(11-13)17(12-5-3-2-4-6-12)19(9-10-22-17)16(20)18-15/h2-8,11H,9-10H2,1H3,(H,18,20). The molecule has 0 radical (unpaired) electrons. The van der Waals surface area contributed by atoms with Crippen LogP contribution in [0.4, 0.5) is 10.5 Å². The first-order valence-electron chi connectivity index (χ1n) is 7.22. The molecule has 0 aromatic heterocycles. The number of nitrogens with zero attached hydrogens (tertiary/aromatic N) is 1. The summed E-state index contributed by atoms with van der Waals surface area (Å²) in [5.74, 6) is 0.737. The van der Waals surface area contributed by atoms with Crippen molar-refractivity contribution in [1.29, 1.82) is 0 Å². The van der Waals surface area contributed by atoms with Gasteiger partial charge in [0, 0.05) is 17.7 Å². The lowest BCUT2D eigenvalue weighted by atomic mass is 9.90. The van der Waals surface area contributed by atoms with Gasteiger partial charge < -0.3 is 14.8 Å². The number of nitrogens with one attached hydrogen (secondary N) is 1. The number of anilines is 1. The molecule has 0 spiro atoms. The Kier molecular flexibility index (Phi) is 2.84. The Morgan fingerprint density at radius 1 is 1.23 bits per heavy atom. The Balaban J connectivity index is 2.00.